The molecule has 1 aliphatic rings. The van der Waals surface area contributed by atoms with Crippen LogP contribution in [0.4, 0.5) is 5.69 Å². The van der Waals surface area contributed by atoms with E-state index in [-0.39, 0.29) is 29.5 Å². The quantitative estimate of drug-likeness (QED) is 0.678. The van der Waals surface area contributed by atoms with Crippen molar-refractivity contribution in [1.29, 1.82) is 0 Å². The summed E-state index contributed by atoms with van der Waals surface area (Å²) in [6.45, 7) is 0.354. The third-order valence-corrected chi connectivity index (χ3v) is 5.02. The molecule has 1 fully saturated rings. The number of hydrogen-bond donors (Lipinski definition) is 3. The number of carbonyl (C=O) groups is 2. The highest BCUT2D eigenvalue weighted by Crippen LogP contribution is 2.26. The average Bonchev–Trinajstić information content (AvgIpc) is 3.04. The summed E-state index contributed by atoms with van der Waals surface area (Å²) in [4.78, 5) is 26.8. The number of anilines is 1. The third kappa shape index (κ3) is 4.53. The van der Waals surface area contributed by atoms with E-state index in [1.807, 2.05) is 12.1 Å². The molecule has 6 nitrogen and oxygen atoms in total. The Labute approximate surface area is 166 Å². The number of benzene rings is 2. The van der Waals surface area contributed by atoms with E-state index in [1.165, 1.54) is 17.0 Å². The van der Waals surface area contributed by atoms with Crippen molar-refractivity contribution >= 4 is 40.7 Å². The van der Waals surface area contributed by atoms with Crippen LogP contribution in [-0.2, 0) is 11.3 Å². The Balaban J connectivity index is 1.73. The van der Waals surface area contributed by atoms with Crippen LogP contribution >= 0.6 is 23.2 Å². The lowest BCUT2D eigenvalue weighted by atomic mass is 10.1. The Morgan fingerprint density at radius 2 is 1.89 bits per heavy atom. The summed E-state index contributed by atoms with van der Waals surface area (Å²) in [5, 5.41) is 13.7. The van der Waals surface area contributed by atoms with Crippen LogP contribution in [0, 0.1) is 0 Å². The van der Waals surface area contributed by atoms with Crippen LogP contribution in [0.15, 0.2) is 42.5 Å². The van der Waals surface area contributed by atoms with E-state index in [1.54, 1.807) is 18.2 Å². The number of nitrogens with two attached hydrogens (primary N) is 1. The lowest BCUT2D eigenvalue weighted by molar-refractivity contribution is -0.125. The molecule has 27 heavy (non-hydrogen) atoms. The second kappa shape index (κ2) is 8.17. The number of nitrogen functional groups attached to an aromatic ring is 1. The minimum Gasteiger partial charge on any atom is -0.399 e. The number of hydrogen-bond acceptors (Lipinski definition) is 4. The molecule has 3 rings (SSSR count). The summed E-state index contributed by atoms with van der Waals surface area (Å²) >= 11 is 12.0. The van der Waals surface area contributed by atoms with Crippen molar-refractivity contribution in [3.05, 3.63) is 63.6 Å². The summed E-state index contributed by atoms with van der Waals surface area (Å²) in [5.41, 5.74) is 7.22. The van der Waals surface area contributed by atoms with Crippen molar-refractivity contribution in [3.63, 3.8) is 0 Å². The fourth-order valence-corrected chi connectivity index (χ4v) is 3.38. The number of nitrogens with one attached hydrogen (secondary N) is 1. The van der Waals surface area contributed by atoms with Gasteiger partial charge in [0.15, 0.2) is 0 Å². The predicted octanol–water partition coefficient (Wildman–Crippen LogP) is 2.47. The zero-order valence-electron chi connectivity index (χ0n) is 14.4. The van der Waals surface area contributed by atoms with Gasteiger partial charge in [0.25, 0.3) is 5.91 Å². The molecule has 0 spiro atoms. The molecule has 2 amide bonds. The zero-order valence-corrected chi connectivity index (χ0v) is 15.9. The largest absolute Gasteiger partial charge is 0.399 e. The molecular formula is C19H19Cl2N3O3. The lowest BCUT2D eigenvalue weighted by Gasteiger charge is -2.24. The van der Waals surface area contributed by atoms with Crippen molar-refractivity contribution in [2.45, 2.75) is 25.1 Å². The number of likely N-dealkylation sites (tertiary alicyclic amines) is 1. The van der Waals surface area contributed by atoms with Gasteiger partial charge in [0.2, 0.25) is 5.91 Å². The van der Waals surface area contributed by atoms with Crippen molar-refractivity contribution < 1.29 is 14.7 Å². The van der Waals surface area contributed by atoms with Crippen molar-refractivity contribution in [3.8, 4) is 0 Å². The van der Waals surface area contributed by atoms with Gasteiger partial charge in [0, 0.05) is 30.2 Å². The van der Waals surface area contributed by atoms with Gasteiger partial charge < -0.3 is 21.1 Å². The number of aliphatic hydroxyl groups excluding tert-OH is 1. The van der Waals surface area contributed by atoms with E-state index < -0.39 is 18.1 Å². The second-order valence-corrected chi connectivity index (χ2v) is 7.29. The summed E-state index contributed by atoms with van der Waals surface area (Å²) in [6.07, 6.45) is -0.613. The van der Waals surface area contributed by atoms with Gasteiger partial charge in [-0.1, -0.05) is 35.3 Å². The average molecular weight is 408 g/mol. The van der Waals surface area contributed by atoms with E-state index in [4.69, 9.17) is 28.9 Å². The standard InChI is InChI=1S/C19H19Cl2N3O3/c20-12-3-1-11(2-4-12)9-23-18(26)17-8-14(25)10-24(17)19(27)15-7-13(22)5-6-16(15)21/h1-7,14,17,25H,8-10,22H2,(H,23,26)/t14-,17+/m1/s1. The highest BCUT2D eigenvalue weighted by atomic mass is 35.5. The molecule has 1 saturated heterocycles. The molecule has 0 aromatic heterocycles. The molecule has 0 radical (unpaired) electrons. The lowest BCUT2D eigenvalue weighted by Crippen LogP contribution is -2.45. The SMILES string of the molecule is Nc1ccc(Cl)c(C(=O)N2C[C@H](O)C[C@H]2C(=O)NCc2ccc(Cl)cc2)c1. The highest BCUT2D eigenvalue weighted by molar-refractivity contribution is 6.34. The smallest absolute Gasteiger partial charge is 0.256 e. The number of halogens is 2. The third-order valence-electron chi connectivity index (χ3n) is 4.44. The van der Waals surface area contributed by atoms with Crippen LogP contribution in [0.2, 0.25) is 10.0 Å². The first kappa shape index (κ1) is 19.5. The molecule has 0 bridgehead atoms. The van der Waals surface area contributed by atoms with Gasteiger partial charge in [-0.05, 0) is 35.9 Å². The van der Waals surface area contributed by atoms with Gasteiger partial charge in [0.1, 0.15) is 6.04 Å². The van der Waals surface area contributed by atoms with Crippen molar-refractivity contribution in [2.75, 3.05) is 12.3 Å². The first-order valence-electron chi connectivity index (χ1n) is 8.41. The molecule has 2 atom stereocenters. The van der Waals surface area contributed by atoms with Crippen LogP contribution in [-0.4, -0.2) is 40.5 Å². The number of carbonyl (C=O) groups excluding carboxylic acids is 2. The van der Waals surface area contributed by atoms with Gasteiger partial charge in [-0.2, -0.15) is 0 Å². The molecule has 1 heterocycles. The molecular weight excluding hydrogens is 389 g/mol. The van der Waals surface area contributed by atoms with E-state index in [0.717, 1.165) is 5.56 Å². The maximum atomic E-state index is 12.9. The summed E-state index contributed by atoms with van der Waals surface area (Å²) in [7, 11) is 0. The van der Waals surface area contributed by atoms with Crippen LogP contribution in [0.1, 0.15) is 22.3 Å². The van der Waals surface area contributed by atoms with Crippen LogP contribution in [0.5, 0.6) is 0 Å². The molecule has 2 aromatic carbocycles. The number of rotatable bonds is 4. The van der Waals surface area contributed by atoms with E-state index in [0.29, 0.717) is 17.3 Å². The summed E-state index contributed by atoms with van der Waals surface area (Å²) in [5.74, 6) is -0.773. The summed E-state index contributed by atoms with van der Waals surface area (Å²) in [6, 6.07) is 10.9. The van der Waals surface area contributed by atoms with Crippen molar-refractivity contribution in [2.24, 2.45) is 0 Å². The maximum Gasteiger partial charge on any atom is 0.256 e. The molecule has 2 aromatic rings. The van der Waals surface area contributed by atoms with Gasteiger partial charge >= 0.3 is 0 Å². The minimum atomic E-state index is -0.780. The van der Waals surface area contributed by atoms with E-state index in [9.17, 15) is 14.7 Å². The molecule has 0 saturated carbocycles. The highest BCUT2D eigenvalue weighted by Gasteiger charge is 2.39. The van der Waals surface area contributed by atoms with Gasteiger partial charge in [0.05, 0.1) is 16.7 Å². The minimum absolute atomic E-state index is 0.0585. The number of aliphatic hydroxyl groups is 1. The second-order valence-electron chi connectivity index (χ2n) is 6.45. The Bertz CT molecular complexity index is 858. The van der Waals surface area contributed by atoms with Crippen LogP contribution in [0.25, 0.3) is 0 Å². The first-order valence-corrected chi connectivity index (χ1v) is 9.17. The predicted molar refractivity (Wildman–Crippen MR) is 105 cm³/mol. The monoisotopic (exact) mass is 407 g/mol. The fourth-order valence-electron chi connectivity index (χ4n) is 3.06. The van der Waals surface area contributed by atoms with Gasteiger partial charge in [-0.3, -0.25) is 9.59 Å². The van der Waals surface area contributed by atoms with Crippen LogP contribution in [0.3, 0.4) is 0 Å². The number of β-amino-alcohol motifs (C(OH)–C–C–N with tert-alkyl or cyclic N) is 1. The Kier molecular flexibility index (Phi) is 5.89. The molecule has 142 valence electrons. The summed E-state index contributed by atoms with van der Waals surface area (Å²) < 4.78 is 0. The number of nitrogens with zero attached hydrogens (tertiary/aromatic N) is 1. The molecule has 4 N–H and O–H groups in total. The van der Waals surface area contributed by atoms with Gasteiger partial charge in [-0.15, -0.1) is 0 Å². The first-order chi connectivity index (χ1) is 12.8. The normalized spacial score (nSPS) is 19.1. The van der Waals surface area contributed by atoms with Gasteiger partial charge in [-0.25, -0.2) is 0 Å². The molecule has 0 aliphatic carbocycles. The van der Waals surface area contributed by atoms with Crippen molar-refractivity contribution in [1.82, 2.24) is 10.2 Å². The Morgan fingerprint density at radius 3 is 2.59 bits per heavy atom. The Hall–Kier alpha value is -2.28. The fraction of sp³-hybridized carbons (Fsp3) is 0.263. The van der Waals surface area contributed by atoms with E-state index >= 15 is 0 Å². The molecule has 0 unspecified atom stereocenters. The molecule has 1 aliphatic heterocycles. The molecule has 8 heteroatoms. The zero-order chi connectivity index (χ0) is 19.6. The van der Waals surface area contributed by atoms with E-state index in [2.05, 4.69) is 5.32 Å². The maximum absolute atomic E-state index is 12.9. The number of amides is 2. The van der Waals surface area contributed by atoms with Crippen LogP contribution < -0.4 is 11.1 Å². The topological polar surface area (TPSA) is 95.7 Å². The Morgan fingerprint density at radius 1 is 1.19 bits per heavy atom.